The number of carbonyl (C=O) groups excluding carboxylic acids is 3. The van der Waals surface area contributed by atoms with E-state index in [0.717, 1.165) is 0 Å². The highest BCUT2D eigenvalue weighted by Crippen LogP contribution is 2.21. The summed E-state index contributed by atoms with van der Waals surface area (Å²) in [4.78, 5) is 35.5. The van der Waals surface area contributed by atoms with Crippen molar-refractivity contribution >= 4 is 18.3 Å². The molecule has 2 amide bonds. The maximum atomic E-state index is 11.9. The van der Waals surface area contributed by atoms with Crippen LogP contribution in [0.25, 0.3) is 0 Å². The number of imide groups is 1. The number of nitrogens with zero attached hydrogens (tertiary/aromatic N) is 1. The summed E-state index contributed by atoms with van der Waals surface area (Å²) in [5.74, 6) is -0.254. The maximum Gasteiger partial charge on any atom is 0.298 e. The lowest BCUT2D eigenvalue weighted by atomic mass is 10.0. The first-order chi connectivity index (χ1) is 12.0. The molecule has 25 heavy (non-hydrogen) atoms. The number of allylic oxidation sites excluding steroid dienone is 4. The molecule has 0 bridgehead atoms. The zero-order chi connectivity index (χ0) is 19.8. The first-order valence-electron chi connectivity index (χ1n) is 8.71. The van der Waals surface area contributed by atoms with E-state index in [2.05, 4.69) is 5.32 Å². The number of likely N-dealkylation sites (N-methyl/N-ethyl adjacent to an activating group) is 1. The first-order valence-corrected chi connectivity index (χ1v) is 8.71. The van der Waals surface area contributed by atoms with E-state index in [1.807, 2.05) is 40.7 Å². The average molecular weight is 352 g/mol. The molecule has 1 saturated heterocycles. The molecule has 0 aromatic carbocycles. The van der Waals surface area contributed by atoms with Crippen molar-refractivity contribution in [1.82, 2.24) is 10.2 Å². The van der Waals surface area contributed by atoms with Crippen LogP contribution in [0, 0.1) is 0 Å². The average Bonchev–Trinajstić information content (AvgIpc) is 2.64. The largest absolute Gasteiger partial charge is 0.427 e. The number of ether oxygens (including phenoxy) is 1. The third kappa shape index (κ3) is 8.33. The van der Waals surface area contributed by atoms with Crippen molar-refractivity contribution in [3.63, 3.8) is 0 Å². The Morgan fingerprint density at radius 1 is 1.20 bits per heavy atom. The highest BCUT2D eigenvalue weighted by molar-refractivity contribution is 6.00. The van der Waals surface area contributed by atoms with Gasteiger partial charge in [0.15, 0.2) is 0 Å². The molecular weight excluding hydrogens is 320 g/mol. The predicted octanol–water partition coefficient (Wildman–Crippen LogP) is 3.31. The van der Waals surface area contributed by atoms with Gasteiger partial charge in [0.2, 0.25) is 11.8 Å². The lowest BCUT2D eigenvalue weighted by Gasteiger charge is -2.33. The van der Waals surface area contributed by atoms with Gasteiger partial charge in [-0.2, -0.15) is 0 Å². The minimum absolute atomic E-state index is 0.265. The molecule has 142 valence electrons. The monoisotopic (exact) mass is 352 g/mol. The summed E-state index contributed by atoms with van der Waals surface area (Å²) in [7, 11) is 1.73. The van der Waals surface area contributed by atoms with Crippen molar-refractivity contribution in [3.8, 4) is 0 Å². The molecule has 1 unspecified atom stereocenters. The molecule has 1 aliphatic heterocycles. The van der Waals surface area contributed by atoms with Crippen LogP contribution in [0.4, 0.5) is 0 Å². The highest BCUT2D eigenvalue weighted by Gasteiger charge is 2.31. The molecule has 6 nitrogen and oxygen atoms in total. The van der Waals surface area contributed by atoms with Crippen molar-refractivity contribution in [3.05, 3.63) is 35.8 Å². The summed E-state index contributed by atoms with van der Waals surface area (Å²) in [6, 6.07) is -0.482. The Kier molecular flexibility index (Phi) is 15.1. The minimum Gasteiger partial charge on any atom is -0.427 e. The topological polar surface area (TPSA) is 75.7 Å². The predicted molar refractivity (Wildman–Crippen MR) is 100 cm³/mol. The highest BCUT2D eigenvalue weighted by atomic mass is 16.5. The zero-order valence-corrected chi connectivity index (χ0v) is 16.5. The second-order valence-corrected chi connectivity index (χ2v) is 4.52. The van der Waals surface area contributed by atoms with E-state index in [1.54, 1.807) is 37.1 Å². The van der Waals surface area contributed by atoms with Crippen LogP contribution in [0.5, 0.6) is 0 Å². The Balaban J connectivity index is 0. The number of amides is 2. The van der Waals surface area contributed by atoms with Crippen molar-refractivity contribution in [2.24, 2.45) is 0 Å². The lowest BCUT2D eigenvalue weighted by Crippen LogP contribution is -2.51. The molecule has 0 aliphatic carbocycles. The van der Waals surface area contributed by atoms with Gasteiger partial charge in [0.1, 0.15) is 11.8 Å². The van der Waals surface area contributed by atoms with Crippen LogP contribution in [-0.4, -0.2) is 36.3 Å². The molecule has 0 saturated carbocycles. The van der Waals surface area contributed by atoms with Gasteiger partial charge in [0, 0.05) is 13.5 Å². The Morgan fingerprint density at radius 2 is 1.80 bits per heavy atom. The van der Waals surface area contributed by atoms with E-state index >= 15 is 0 Å². The number of piperidine rings is 1. The van der Waals surface area contributed by atoms with Crippen LogP contribution in [-0.2, 0) is 19.1 Å². The molecule has 0 spiro atoms. The Labute approximate surface area is 151 Å². The molecule has 0 aromatic heterocycles. The van der Waals surface area contributed by atoms with Crippen LogP contribution < -0.4 is 5.32 Å². The summed E-state index contributed by atoms with van der Waals surface area (Å²) < 4.78 is 4.96. The van der Waals surface area contributed by atoms with E-state index in [-0.39, 0.29) is 18.2 Å². The van der Waals surface area contributed by atoms with Crippen molar-refractivity contribution in [2.75, 3.05) is 7.05 Å². The van der Waals surface area contributed by atoms with Gasteiger partial charge in [-0.15, -0.1) is 0 Å². The van der Waals surface area contributed by atoms with E-state index in [0.29, 0.717) is 24.3 Å². The maximum absolute atomic E-state index is 11.9. The molecule has 1 N–H and O–H groups in total. The Bertz CT molecular complexity index is 508. The molecule has 6 heteroatoms. The Hall–Kier alpha value is -2.37. The quantitative estimate of drug-likeness (QED) is 0.343. The van der Waals surface area contributed by atoms with E-state index in [9.17, 15) is 14.4 Å². The van der Waals surface area contributed by atoms with E-state index in [4.69, 9.17) is 4.74 Å². The summed E-state index contributed by atoms with van der Waals surface area (Å²) in [5.41, 5.74) is 0.595. The molecule has 1 rings (SSSR count). The summed E-state index contributed by atoms with van der Waals surface area (Å²) in [6.07, 6.45) is 7.72. The fourth-order valence-electron chi connectivity index (χ4n) is 2.11. The Morgan fingerprint density at radius 3 is 2.24 bits per heavy atom. The summed E-state index contributed by atoms with van der Waals surface area (Å²) in [6.45, 7) is 11.9. The van der Waals surface area contributed by atoms with Crippen molar-refractivity contribution in [2.45, 2.75) is 60.4 Å². The molecule has 1 atom stereocenters. The SMILES string of the molecule is CC.CC.C\C=C/C=C(\C(=C/C)OC=O)N(C)C1CCC(=O)NC1=O. The van der Waals surface area contributed by atoms with Crippen LogP contribution in [0.3, 0.4) is 0 Å². The third-order valence-electron chi connectivity index (χ3n) is 3.19. The number of rotatable bonds is 6. The third-order valence-corrected chi connectivity index (χ3v) is 3.19. The smallest absolute Gasteiger partial charge is 0.298 e. The minimum atomic E-state index is -0.482. The van der Waals surface area contributed by atoms with Gasteiger partial charge in [0.05, 0.1) is 5.70 Å². The standard InChI is InChI=1S/C15H20N2O4.2C2H6/c1-4-6-7-11(13(5-2)21-10-18)17(3)12-8-9-14(19)16-15(12)20;2*1-2/h4-7,10,12H,8-9H2,1-3H3,(H,16,19,20);2*1-2H3/b6-4-,11-7+,13-5+;;. The van der Waals surface area contributed by atoms with Crippen LogP contribution in [0.2, 0.25) is 0 Å². The van der Waals surface area contributed by atoms with Crippen LogP contribution >= 0.6 is 0 Å². The van der Waals surface area contributed by atoms with Gasteiger partial charge in [-0.1, -0.05) is 39.8 Å². The van der Waals surface area contributed by atoms with Crippen molar-refractivity contribution < 1.29 is 19.1 Å². The number of hydrogen-bond donors (Lipinski definition) is 1. The van der Waals surface area contributed by atoms with Gasteiger partial charge in [-0.05, 0) is 32.4 Å². The second-order valence-electron chi connectivity index (χ2n) is 4.52. The number of nitrogens with one attached hydrogen (secondary N) is 1. The first kappa shape index (κ1) is 24.9. The van der Waals surface area contributed by atoms with Crippen LogP contribution in [0.1, 0.15) is 54.4 Å². The zero-order valence-electron chi connectivity index (χ0n) is 16.5. The molecule has 1 aliphatic rings. The summed E-state index contributed by atoms with van der Waals surface area (Å²) in [5, 5.41) is 2.32. The molecular formula is C19H32N2O4. The second kappa shape index (κ2) is 15.2. The number of hydrogen-bond acceptors (Lipinski definition) is 5. The van der Waals surface area contributed by atoms with Crippen LogP contribution in [0.15, 0.2) is 35.8 Å². The fourth-order valence-corrected chi connectivity index (χ4v) is 2.11. The van der Waals surface area contributed by atoms with Gasteiger partial charge in [-0.25, -0.2) is 0 Å². The van der Waals surface area contributed by atoms with Gasteiger partial charge < -0.3 is 9.64 Å². The summed E-state index contributed by atoms with van der Waals surface area (Å²) >= 11 is 0. The van der Waals surface area contributed by atoms with Gasteiger partial charge >= 0.3 is 0 Å². The lowest BCUT2D eigenvalue weighted by molar-refractivity contribution is -0.136. The molecule has 0 aromatic rings. The number of carbonyl (C=O) groups is 3. The normalized spacial score (nSPS) is 17.6. The van der Waals surface area contributed by atoms with Gasteiger partial charge in [0.25, 0.3) is 6.47 Å². The molecule has 1 fully saturated rings. The molecule has 1 heterocycles. The van der Waals surface area contributed by atoms with E-state index < -0.39 is 6.04 Å². The van der Waals surface area contributed by atoms with Crippen molar-refractivity contribution in [1.29, 1.82) is 0 Å². The fraction of sp³-hybridized carbons (Fsp3) is 0.526. The van der Waals surface area contributed by atoms with Gasteiger partial charge in [-0.3, -0.25) is 19.7 Å². The van der Waals surface area contributed by atoms with E-state index in [1.165, 1.54) is 0 Å². The molecule has 0 radical (unpaired) electrons.